The number of aromatic nitrogens is 1. The molecule has 0 aliphatic heterocycles. The molecular weight excluding hydrogens is 334 g/mol. The Hall–Kier alpha value is -2.96. The molecule has 0 radical (unpaired) electrons. The van der Waals surface area contributed by atoms with E-state index in [1.165, 1.54) is 0 Å². The van der Waals surface area contributed by atoms with Gasteiger partial charge < -0.3 is 24.8 Å². The summed E-state index contributed by atoms with van der Waals surface area (Å²) in [5.41, 5.74) is 1.25. The first-order chi connectivity index (χ1) is 12.6. The van der Waals surface area contributed by atoms with Gasteiger partial charge in [0, 0.05) is 30.6 Å². The highest BCUT2D eigenvalue weighted by Gasteiger charge is 2.13. The van der Waals surface area contributed by atoms with Crippen molar-refractivity contribution in [1.29, 1.82) is 0 Å². The summed E-state index contributed by atoms with van der Waals surface area (Å²) in [6.45, 7) is 2.75. The van der Waals surface area contributed by atoms with E-state index in [1.54, 1.807) is 51.8 Å². The van der Waals surface area contributed by atoms with Gasteiger partial charge in [-0.2, -0.15) is 0 Å². The number of carbonyl (C=O) groups is 1. The number of pyridine rings is 1. The van der Waals surface area contributed by atoms with Gasteiger partial charge in [-0.1, -0.05) is 13.3 Å². The zero-order valence-corrected chi connectivity index (χ0v) is 15.6. The van der Waals surface area contributed by atoms with Crippen LogP contribution in [-0.2, 0) is 0 Å². The summed E-state index contributed by atoms with van der Waals surface area (Å²) in [5, 5.41) is 6.03. The average Bonchev–Trinajstić information content (AvgIpc) is 2.67. The van der Waals surface area contributed by atoms with E-state index < -0.39 is 0 Å². The second kappa shape index (κ2) is 9.50. The van der Waals surface area contributed by atoms with Crippen LogP contribution < -0.4 is 24.8 Å². The third kappa shape index (κ3) is 4.78. The fourth-order valence-corrected chi connectivity index (χ4v) is 2.38. The Morgan fingerprint density at radius 3 is 2.27 bits per heavy atom. The van der Waals surface area contributed by atoms with Crippen molar-refractivity contribution < 1.29 is 19.0 Å². The standard InChI is InChI=1S/C19H25N3O4/c1-5-6-9-20-19(23)13-7-8-17(21-12-13)22-14-10-15(24-2)18(26-4)16(11-14)25-3/h7-8,10-12H,5-6,9H2,1-4H3,(H,20,23)(H,21,22). The van der Waals surface area contributed by atoms with Gasteiger partial charge >= 0.3 is 0 Å². The van der Waals surface area contributed by atoms with E-state index in [1.807, 2.05) is 0 Å². The molecule has 7 heteroatoms. The van der Waals surface area contributed by atoms with E-state index in [-0.39, 0.29) is 5.91 Å². The minimum absolute atomic E-state index is 0.120. The third-order valence-corrected chi connectivity index (χ3v) is 3.78. The lowest BCUT2D eigenvalue weighted by Gasteiger charge is -2.15. The monoisotopic (exact) mass is 359 g/mol. The average molecular weight is 359 g/mol. The number of methoxy groups -OCH3 is 3. The SMILES string of the molecule is CCCCNC(=O)c1ccc(Nc2cc(OC)c(OC)c(OC)c2)nc1. The quantitative estimate of drug-likeness (QED) is 0.668. The number of nitrogens with one attached hydrogen (secondary N) is 2. The number of hydrogen-bond acceptors (Lipinski definition) is 6. The molecule has 2 aromatic rings. The van der Waals surface area contributed by atoms with Crippen molar-refractivity contribution in [3.8, 4) is 17.2 Å². The first-order valence-corrected chi connectivity index (χ1v) is 8.44. The van der Waals surface area contributed by atoms with Crippen molar-refractivity contribution in [3.63, 3.8) is 0 Å². The molecule has 0 saturated heterocycles. The van der Waals surface area contributed by atoms with Crippen molar-refractivity contribution in [2.45, 2.75) is 19.8 Å². The minimum Gasteiger partial charge on any atom is -0.493 e. The first kappa shape index (κ1) is 19.4. The Morgan fingerprint density at radius 2 is 1.77 bits per heavy atom. The van der Waals surface area contributed by atoms with E-state index >= 15 is 0 Å². The second-order valence-electron chi connectivity index (χ2n) is 5.58. The number of benzene rings is 1. The molecule has 0 saturated carbocycles. The second-order valence-corrected chi connectivity index (χ2v) is 5.58. The predicted octanol–water partition coefficient (Wildman–Crippen LogP) is 3.38. The summed E-state index contributed by atoms with van der Waals surface area (Å²) < 4.78 is 16.0. The van der Waals surface area contributed by atoms with Crippen LogP contribution in [0.2, 0.25) is 0 Å². The van der Waals surface area contributed by atoms with Crippen molar-refractivity contribution in [2.75, 3.05) is 33.2 Å². The van der Waals surface area contributed by atoms with Gasteiger partial charge in [-0.3, -0.25) is 4.79 Å². The van der Waals surface area contributed by atoms with E-state index in [4.69, 9.17) is 14.2 Å². The predicted molar refractivity (Wildman–Crippen MR) is 101 cm³/mol. The molecule has 7 nitrogen and oxygen atoms in total. The molecule has 1 aromatic carbocycles. The molecule has 140 valence electrons. The summed E-state index contributed by atoms with van der Waals surface area (Å²) in [7, 11) is 4.68. The first-order valence-electron chi connectivity index (χ1n) is 8.44. The molecular formula is C19H25N3O4. The number of carbonyl (C=O) groups excluding carboxylic acids is 1. The van der Waals surface area contributed by atoms with Crippen LogP contribution in [0.5, 0.6) is 17.2 Å². The number of rotatable bonds is 9. The molecule has 0 bridgehead atoms. The van der Waals surface area contributed by atoms with E-state index in [2.05, 4.69) is 22.5 Å². The summed E-state index contributed by atoms with van der Waals surface area (Å²) in [4.78, 5) is 16.3. The van der Waals surface area contributed by atoms with Crippen LogP contribution in [0.4, 0.5) is 11.5 Å². The van der Waals surface area contributed by atoms with Crippen molar-refractivity contribution in [3.05, 3.63) is 36.0 Å². The number of ether oxygens (including phenoxy) is 3. The van der Waals surface area contributed by atoms with Gasteiger partial charge in [0.15, 0.2) is 11.5 Å². The minimum atomic E-state index is -0.120. The maximum atomic E-state index is 12.0. The van der Waals surface area contributed by atoms with Crippen LogP contribution in [-0.4, -0.2) is 38.8 Å². The van der Waals surface area contributed by atoms with E-state index in [0.717, 1.165) is 18.5 Å². The van der Waals surface area contributed by atoms with Gasteiger partial charge in [0.2, 0.25) is 5.75 Å². The number of hydrogen-bond donors (Lipinski definition) is 2. The van der Waals surface area contributed by atoms with Crippen LogP contribution in [0.3, 0.4) is 0 Å². The van der Waals surface area contributed by atoms with Gasteiger partial charge in [-0.25, -0.2) is 4.98 Å². The summed E-state index contributed by atoms with van der Waals surface area (Å²) in [6, 6.07) is 7.05. The van der Waals surface area contributed by atoms with Crippen LogP contribution in [0.15, 0.2) is 30.5 Å². The Morgan fingerprint density at radius 1 is 1.08 bits per heavy atom. The molecule has 2 N–H and O–H groups in total. The van der Waals surface area contributed by atoms with Gasteiger partial charge in [-0.05, 0) is 18.6 Å². The molecule has 0 aliphatic rings. The smallest absolute Gasteiger partial charge is 0.252 e. The lowest BCUT2D eigenvalue weighted by Crippen LogP contribution is -2.24. The summed E-state index contributed by atoms with van der Waals surface area (Å²) in [5.74, 6) is 2.09. The number of anilines is 2. The molecule has 26 heavy (non-hydrogen) atoms. The number of amides is 1. The molecule has 1 heterocycles. The van der Waals surface area contributed by atoms with Gasteiger partial charge in [0.05, 0.1) is 26.9 Å². The topological polar surface area (TPSA) is 81.7 Å². The molecule has 1 aromatic heterocycles. The number of nitrogens with zero attached hydrogens (tertiary/aromatic N) is 1. The van der Waals surface area contributed by atoms with Crippen LogP contribution in [0.1, 0.15) is 30.1 Å². The molecule has 1 amide bonds. The molecule has 0 atom stereocenters. The van der Waals surface area contributed by atoms with Gasteiger partial charge in [0.25, 0.3) is 5.91 Å². The fraction of sp³-hybridized carbons (Fsp3) is 0.368. The molecule has 0 aliphatic carbocycles. The largest absolute Gasteiger partial charge is 0.493 e. The van der Waals surface area contributed by atoms with Crippen LogP contribution in [0, 0.1) is 0 Å². The third-order valence-electron chi connectivity index (χ3n) is 3.78. The van der Waals surface area contributed by atoms with Crippen molar-refractivity contribution in [2.24, 2.45) is 0 Å². The zero-order valence-electron chi connectivity index (χ0n) is 15.6. The Labute approximate surface area is 153 Å². The molecule has 0 fully saturated rings. The molecule has 0 unspecified atom stereocenters. The fourth-order valence-electron chi connectivity index (χ4n) is 2.38. The Balaban J connectivity index is 2.12. The number of unbranched alkanes of at least 4 members (excludes halogenated alkanes) is 1. The lowest BCUT2D eigenvalue weighted by atomic mass is 10.2. The maximum absolute atomic E-state index is 12.0. The van der Waals surface area contributed by atoms with Gasteiger partial charge in [0.1, 0.15) is 5.82 Å². The summed E-state index contributed by atoms with van der Waals surface area (Å²) in [6.07, 6.45) is 3.54. The zero-order chi connectivity index (χ0) is 18.9. The molecule has 0 spiro atoms. The van der Waals surface area contributed by atoms with Gasteiger partial charge in [-0.15, -0.1) is 0 Å². The maximum Gasteiger partial charge on any atom is 0.252 e. The van der Waals surface area contributed by atoms with Crippen molar-refractivity contribution >= 4 is 17.4 Å². The van der Waals surface area contributed by atoms with Crippen molar-refractivity contribution in [1.82, 2.24) is 10.3 Å². The van der Waals surface area contributed by atoms with E-state index in [9.17, 15) is 4.79 Å². The highest BCUT2D eigenvalue weighted by Crippen LogP contribution is 2.40. The Bertz CT molecular complexity index is 707. The Kier molecular flexibility index (Phi) is 7.08. The van der Waals surface area contributed by atoms with Crippen LogP contribution in [0.25, 0.3) is 0 Å². The highest BCUT2D eigenvalue weighted by atomic mass is 16.5. The summed E-state index contributed by atoms with van der Waals surface area (Å²) >= 11 is 0. The molecule has 2 rings (SSSR count). The van der Waals surface area contributed by atoms with E-state index in [0.29, 0.717) is 35.2 Å². The highest BCUT2D eigenvalue weighted by molar-refractivity contribution is 5.94. The normalized spacial score (nSPS) is 10.2. The lowest BCUT2D eigenvalue weighted by molar-refractivity contribution is 0.0953. The van der Waals surface area contributed by atoms with Crippen LogP contribution >= 0.6 is 0 Å².